The number of aryl methyl sites for hydroxylation is 1. The first kappa shape index (κ1) is 13.5. The van der Waals surface area contributed by atoms with E-state index in [9.17, 15) is 5.26 Å². The quantitative estimate of drug-likeness (QED) is 0.889. The Morgan fingerprint density at radius 3 is 3.05 bits per heavy atom. The molecular weight excluding hydrogens is 272 g/mol. The zero-order valence-electron chi connectivity index (χ0n) is 11.7. The van der Waals surface area contributed by atoms with Gasteiger partial charge >= 0.3 is 0 Å². The van der Waals surface area contributed by atoms with Crippen LogP contribution in [0.4, 0.5) is 0 Å². The van der Waals surface area contributed by atoms with Gasteiger partial charge in [0, 0.05) is 11.1 Å². The van der Waals surface area contributed by atoms with Gasteiger partial charge in [0.1, 0.15) is 6.07 Å². The number of nitrogens with zero attached hydrogens (tertiary/aromatic N) is 1. The van der Waals surface area contributed by atoms with Crippen molar-refractivity contribution in [3.63, 3.8) is 0 Å². The second-order valence-electron chi connectivity index (χ2n) is 5.33. The summed E-state index contributed by atoms with van der Waals surface area (Å²) in [6.45, 7) is 4.80. The molecule has 1 unspecified atom stereocenters. The van der Waals surface area contributed by atoms with Gasteiger partial charge in [0.25, 0.3) is 0 Å². The molecule has 1 atom stereocenters. The topological polar surface area (TPSA) is 48.8 Å². The average Bonchev–Trinajstić information content (AvgIpc) is 2.81. The third-order valence-corrected chi connectivity index (χ3v) is 4.32. The maximum absolute atomic E-state index is 9.46. The van der Waals surface area contributed by atoms with Gasteiger partial charge in [0.05, 0.1) is 28.8 Å². The Kier molecular flexibility index (Phi) is 3.45. The molecule has 2 heterocycles. The van der Waals surface area contributed by atoms with Gasteiger partial charge in [-0.1, -0.05) is 24.9 Å². The number of benzene rings is 1. The zero-order chi connectivity index (χ0) is 14.3. The van der Waals surface area contributed by atoms with Crippen LogP contribution in [0.25, 0.3) is 10.9 Å². The second kappa shape index (κ2) is 5.12. The number of nitrogens with one attached hydrogen (secondary N) is 1. The van der Waals surface area contributed by atoms with Crippen LogP contribution in [0.5, 0.6) is 0 Å². The summed E-state index contributed by atoms with van der Waals surface area (Å²) in [5, 5.41) is 11.1. The highest BCUT2D eigenvalue weighted by molar-refractivity contribution is 6.35. The number of fused-ring (bicyclic) bond motifs is 3. The summed E-state index contributed by atoms with van der Waals surface area (Å²) in [7, 11) is 0. The summed E-state index contributed by atoms with van der Waals surface area (Å²) in [6.07, 6.45) is 2.98. The molecule has 0 spiro atoms. The molecular formula is C16H17ClN2O. The molecule has 1 aliphatic heterocycles. The van der Waals surface area contributed by atoms with Crippen LogP contribution >= 0.6 is 11.6 Å². The van der Waals surface area contributed by atoms with Gasteiger partial charge in [-0.25, -0.2) is 0 Å². The average molecular weight is 289 g/mol. The molecule has 0 saturated heterocycles. The summed E-state index contributed by atoms with van der Waals surface area (Å²) in [5.74, 6) is 0. The predicted octanol–water partition coefficient (Wildman–Crippen LogP) is 4.42. The van der Waals surface area contributed by atoms with Crippen molar-refractivity contribution in [3.8, 4) is 6.07 Å². The fraction of sp³-hybridized carbons (Fsp3) is 0.438. The molecule has 1 aromatic heterocycles. The van der Waals surface area contributed by atoms with Crippen LogP contribution < -0.4 is 0 Å². The summed E-state index contributed by atoms with van der Waals surface area (Å²) in [5.41, 5.74) is 4.87. The number of nitriles is 1. The van der Waals surface area contributed by atoms with Crippen molar-refractivity contribution >= 4 is 22.5 Å². The lowest BCUT2D eigenvalue weighted by atomic mass is 9.96. The van der Waals surface area contributed by atoms with E-state index in [0.717, 1.165) is 47.0 Å². The Morgan fingerprint density at radius 1 is 1.55 bits per heavy atom. The predicted molar refractivity (Wildman–Crippen MR) is 80.1 cm³/mol. The van der Waals surface area contributed by atoms with Crippen LogP contribution in [0.2, 0.25) is 5.02 Å². The van der Waals surface area contributed by atoms with E-state index in [1.165, 1.54) is 5.56 Å². The number of rotatable bonds is 2. The first-order chi connectivity index (χ1) is 9.67. The zero-order valence-corrected chi connectivity index (χ0v) is 12.5. The maximum Gasteiger partial charge on any atom is 0.100 e. The summed E-state index contributed by atoms with van der Waals surface area (Å²) in [4.78, 5) is 3.41. The van der Waals surface area contributed by atoms with Crippen molar-refractivity contribution in [2.45, 2.75) is 39.2 Å². The number of hydrogen-bond acceptors (Lipinski definition) is 2. The number of H-pyrrole nitrogens is 1. The van der Waals surface area contributed by atoms with E-state index in [-0.39, 0.29) is 6.10 Å². The molecule has 3 rings (SSSR count). The molecule has 4 heteroatoms. The largest absolute Gasteiger partial charge is 0.372 e. The smallest absolute Gasteiger partial charge is 0.100 e. The minimum absolute atomic E-state index is 0.0964. The van der Waals surface area contributed by atoms with Crippen LogP contribution in [0.15, 0.2) is 6.07 Å². The van der Waals surface area contributed by atoms with Crippen molar-refractivity contribution in [3.05, 3.63) is 33.5 Å². The molecule has 0 fully saturated rings. The van der Waals surface area contributed by atoms with Gasteiger partial charge < -0.3 is 9.72 Å². The Labute approximate surface area is 123 Å². The van der Waals surface area contributed by atoms with Crippen molar-refractivity contribution < 1.29 is 4.74 Å². The summed E-state index contributed by atoms with van der Waals surface area (Å²) >= 11 is 6.35. The summed E-state index contributed by atoms with van der Waals surface area (Å²) in [6, 6.07) is 4.19. The highest BCUT2D eigenvalue weighted by atomic mass is 35.5. The number of ether oxygens (including phenoxy) is 1. The lowest BCUT2D eigenvalue weighted by molar-refractivity contribution is 0.0339. The van der Waals surface area contributed by atoms with Crippen LogP contribution in [0.1, 0.15) is 48.3 Å². The van der Waals surface area contributed by atoms with E-state index in [1.807, 2.05) is 13.0 Å². The van der Waals surface area contributed by atoms with E-state index < -0.39 is 0 Å². The van der Waals surface area contributed by atoms with Crippen molar-refractivity contribution in [2.75, 3.05) is 6.61 Å². The highest BCUT2D eigenvalue weighted by Crippen LogP contribution is 2.39. The molecule has 0 radical (unpaired) electrons. The Hall–Kier alpha value is -1.50. The standard InChI is InChI=1S/C16H17ClN2O/c1-3-4-13-15-10(5-6-20-13)14-11(8-18)9(2)7-12(17)16(14)19-15/h7,13,19H,3-6H2,1-2H3. The van der Waals surface area contributed by atoms with Gasteiger partial charge in [-0.15, -0.1) is 0 Å². The number of hydrogen-bond donors (Lipinski definition) is 1. The SMILES string of the molecule is CCCC1OCCc2c1[nH]c1c(Cl)cc(C)c(C#N)c21. The van der Waals surface area contributed by atoms with Crippen molar-refractivity contribution in [2.24, 2.45) is 0 Å². The lowest BCUT2D eigenvalue weighted by Gasteiger charge is -2.23. The van der Waals surface area contributed by atoms with Crippen LogP contribution in [-0.4, -0.2) is 11.6 Å². The Morgan fingerprint density at radius 2 is 2.35 bits per heavy atom. The normalized spacial score (nSPS) is 18.0. The van der Waals surface area contributed by atoms with E-state index in [0.29, 0.717) is 11.6 Å². The van der Waals surface area contributed by atoms with E-state index in [1.54, 1.807) is 0 Å². The van der Waals surface area contributed by atoms with E-state index in [4.69, 9.17) is 16.3 Å². The Balaban J connectivity index is 2.32. The molecule has 1 aliphatic rings. The number of aromatic amines is 1. The minimum Gasteiger partial charge on any atom is -0.372 e. The van der Waals surface area contributed by atoms with Crippen LogP contribution in [0, 0.1) is 18.3 Å². The third kappa shape index (κ3) is 1.91. The number of halogens is 1. The van der Waals surface area contributed by atoms with E-state index in [2.05, 4.69) is 18.0 Å². The van der Waals surface area contributed by atoms with Gasteiger partial charge in [-0.2, -0.15) is 5.26 Å². The summed E-state index contributed by atoms with van der Waals surface area (Å²) < 4.78 is 5.86. The second-order valence-corrected chi connectivity index (χ2v) is 5.73. The van der Waals surface area contributed by atoms with Gasteiger partial charge in [0.15, 0.2) is 0 Å². The minimum atomic E-state index is 0.0964. The number of aromatic nitrogens is 1. The third-order valence-electron chi connectivity index (χ3n) is 4.02. The molecule has 20 heavy (non-hydrogen) atoms. The van der Waals surface area contributed by atoms with Gasteiger partial charge in [-0.3, -0.25) is 0 Å². The molecule has 1 aromatic carbocycles. The molecule has 2 aromatic rings. The maximum atomic E-state index is 9.46. The molecule has 3 nitrogen and oxygen atoms in total. The first-order valence-corrected chi connectivity index (χ1v) is 7.40. The fourth-order valence-corrected chi connectivity index (χ4v) is 3.41. The highest BCUT2D eigenvalue weighted by Gasteiger charge is 2.27. The molecule has 0 bridgehead atoms. The first-order valence-electron chi connectivity index (χ1n) is 7.02. The van der Waals surface area contributed by atoms with Gasteiger partial charge in [0.2, 0.25) is 0 Å². The molecule has 0 aliphatic carbocycles. The van der Waals surface area contributed by atoms with Crippen LogP contribution in [-0.2, 0) is 11.2 Å². The molecule has 0 saturated carbocycles. The van der Waals surface area contributed by atoms with E-state index >= 15 is 0 Å². The lowest BCUT2D eigenvalue weighted by Crippen LogP contribution is -2.15. The monoisotopic (exact) mass is 288 g/mol. The fourth-order valence-electron chi connectivity index (χ4n) is 3.10. The van der Waals surface area contributed by atoms with Crippen molar-refractivity contribution in [1.82, 2.24) is 4.98 Å². The molecule has 104 valence electrons. The van der Waals surface area contributed by atoms with Gasteiger partial charge in [-0.05, 0) is 37.0 Å². The van der Waals surface area contributed by atoms with Crippen molar-refractivity contribution in [1.29, 1.82) is 5.26 Å². The Bertz CT molecular complexity index is 712. The molecule has 1 N–H and O–H groups in total. The molecule has 0 amide bonds. The van der Waals surface area contributed by atoms with Crippen LogP contribution in [0.3, 0.4) is 0 Å².